The molecule has 1 aromatic heterocycles. The number of nitro benzene ring substituents is 1. The number of rotatable bonds is 3. The molecule has 1 aliphatic rings. The SMILES string of the molecule is CC(=O)N1N=C(c2cc3ccccc3oc2=O)CC1c1ccccc1[N+](=O)[O-]. The molecule has 0 aliphatic carbocycles. The minimum atomic E-state index is -0.667. The molecular weight excluding hydrogens is 362 g/mol. The second kappa shape index (κ2) is 6.73. The predicted molar refractivity (Wildman–Crippen MR) is 102 cm³/mol. The van der Waals surface area contributed by atoms with Crippen LogP contribution in [0.4, 0.5) is 5.69 Å². The van der Waals surface area contributed by atoms with Gasteiger partial charge in [0.1, 0.15) is 5.58 Å². The summed E-state index contributed by atoms with van der Waals surface area (Å²) >= 11 is 0. The molecule has 0 saturated carbocycles. The van der Waals surface area contributed by atoms with E-state index < -0.39 is 16.6 Å². The van der Waals surface area contributed by atoms with E-state index in [0.29, 0.717) is 16.9 Å². The molecule has 0 fully saturated rings. The van der Waals surface area contributed by atoms with Crippen LogP contribution in [0.3, 0.4) is 0 Å². The zero-order valence-electron chi connectivity index (χ0n) is 14.9. The minimum absolute atomic E-state index is 0.0965. The van der Waals surface area contributed by atoms with Crippen LogP contribution in [-0.4, -0.2) is 21.6 Å². The summed E-state index contributed by atoms with van der Waals surface area (Å²) in [6.07, 6.45) is 0.174. The second-order valence-corrected chi connectivity index (χ2v) is 6.43. The van der Waals surface area contributed by atoms with Crippen molar-refractivity contribution in [3.8, 4) is 0 Å². The zero-order valence-corrected chi connectivity index (χ0v) is 14.9. The molecule has 1 atom stereocenters. The van der Waals surface area contributed by atoms with Gasteiger partial charge in [-0.25, -0.2) is 9.80 Å². The standard InChI is InChI=1S/C20H15N3O5/c1-12(24)22-18(14-7-3-4-8-17(14)23(26)27)11-16(21-22)15-10-13-6-2-5-9-19(13)28-20(15)25/h2-10,18H,11H2,1H3. The van der Waals surface area contributed by atoms with E-state index in [1.165, 1.54) is 18.0 Å². The Morgan fingerprint density at radius 2 is 1.93 bits per heavy atom. The van der Waals surface area contributed by atoms with Crippen molar-refractivity contribution in [1.82, 2.24) is 5.01 Å². The maximum atomic E-state index is 12.5. The van der Waals surface area contributed by atoms with Gasteiger partial charge in [-0.05, 0) is 18.2 Å². The second-order valence-electron chi connectivity index (χ2n) is 6.43. The Morgan fingerprint density at radius 1 is 1.21 bits per heavy atom. The molecule has 3 aromatic rings. The third kappa shape index (κ3) is 2.94. The molecule has 1 aliphatic heterocycles. The van der Waals surface area contributed by atoms with Crippen molar-refractivity contribution in [3.05, 3.63) is 86.3 Å². The van der Waals surface area contributed by atoms with Crippen molar-refractivity contribution in [2.75, 3.05) is 0 Å². The van der Waals surface area contributed by atoms with Gasteiger partial charge in [0.15, 0.2) is 0 Å². The summed E-state index contributed by atoms with van der Waals surface area (Å²) in [6.45, 7) is 1.33. The summed E-state index contributed by atoms with van der Waals surface area (Å²) in [6, 6.07) is 14.3. The molecule has 0 saturated heterocycles. The van der Waals surface area contributed by atoms with Crippen LogP contribution in [0.15, 0.2) is 68.9 Å². The molecule has 8 heteroatoms. The van der Waals surface area contributed by atoms with E-state index in [9.17, 15) is 19.7 Å². The number of hydrogen-bond acceptors (Lipinski definition) is 6. The van der Waals surface area contributed by atoms with Gasteiger partial charge in [0.05, 0.1) is 27.8 Å². The Kier molecular flexibility index (Phi) is 4.23. The Balaban J connectivity index is 1.81. The van der Waals surface area contributed by atoms with Gasteiger partial charge in [-0.3, -0.25) is 14.9 Å². The van der Waals surface area contributed by atoms with Gasteiger partial charge in [0, 0.05) is 24.8 Å². The number of hydrazone groups is 1. The minimum Gasteiger partial charge on any atom is -0.422 e. The van der Waals surface area contributed by atoms with Crippen LogP contribution in [0.25, 0.3) is 11.0 Å². The highest BCUT2D eigenvalue weighted by Gasteiger charge is 2.36. The maximum absolute atomic E-state index is 12.5. The molecule has 0 radical (unpaired) electrons. The summed E-state index contributed by atoms with van der Waals surface area (Å²) in [5.74, 6) is -0.372. The summed E-state index contributed by atoms with van der Waals surface area (Å²) in [5.41, 5.74) is 0.758. The van der Waals surface area contributed by atoms with Gasteiger partial charge in [0.25, 0.3) is 5.69 Å². The fourth-order valence-corrected chi connectivity index (χ4v) is 3.40. The number of amides is 1. The van der Waals surface area contributed by atoms with Gasteiger partial charge in [-0.1, -0.05) is 30.3 Å². The first-order valence-electron chi connectivity index (χ1n) is 8.59. The number of nitrogens with zero attached hydrogens (tertiary/aromatic N) is 3. The van der Waals surface area contributed by atoms with Crippen LogP contribution in [0.1, 0.15) is 30.5 Å². The van der Waals surface area contributed by atoms with Crippen LogP contribution in [-0.2, 0) is 4.79 Å². The van der Waals surface area contributed by atoms with E-state index in [1.807, 2.05) is 6.07 Å². The molecule has 0 N–H and O–H groups in total. The molecule has 2 aromatic carbocycles. The third-order valence-corrected chi connectivity index (χ3v) is 4.68. The van der Waals surface area contributed by atoms with Crippen molar-refractivity contribution in [1.29, 1.82) is 0 Å². The lowest BCUT2D eigenvalue weighted by Gasteiger charge is -2.20. The lowest BCUT2D eigenvalue weighted by atomic mass is 9.97. The average molecular weight is 377 g/mol. The van der Waals surface area contributed by atoms with Crippen LogP contribution < -0.4 is 5.63 Å². The molecule has 4 rings (SSSR count). The normalized spacial score (nSPS) is 16.2. The molecule has 8 nitrogen and oxygen atoms in total. The molecule has 140 valence electrons. The number of benzene rings is 2. The van der Waals surface area contributed by atoms with Gasteiger partial charge in [-0.15, -0.1) is 0 Å². The molecule has 1 amide bonds. The van der Waals surface area contributed by atoms with E-state index in [2.05, 4.69) is 5.10 Å². The topological polar surface area (TPSA) is 106 Å². The van der Waals surface area contributed by atoms with E-state index in [1.54, 1.807) is 42.5 Å². The van der Waals surface area contributed by atoms with Crippen molar-refractivity contribution in [3.63, 3.8) is 0 Å². The fourth-order valence-electron chi connectivity index (χ4n) is 3.40. The van der Waals surface area contributed by atoms with Crippen molar-refractivity contribution in [2.45, 2.75) is 19.4 Å². The average Bonchev–Trinajstić information content (AvgIpc) is 3.12. The zero-order chi connectivity index (χ0) is 19.8. The summed E-state index contributed by atoms with van der Waals surface area (Å²) in [7, 11) is 0. The maximum Gasteiger partial charge on any atom is 0.345 e. The molecule has 0 bridgehead atoms. The van der Waals surface area contributed by atoms with Crippen LogP contribution in [0, 0.1) is 10.1 Å². The van der Waals surface area contributed by atoms with Gasteiger partial charge >= 0.3 is 5.63 Å². The number of carbonyl (C=O) groups excluding carboxylic acids is 1. The highest BCUT2D eigenvalue weighted by molar-refractivity contribution is 6.04. The number of fused-ring (bicyclic) bond motifs is 1. The van der Waals surface area contributed by atoms with E-state index in [-0.39, 0.29) is 23.6 Å². The van der Waals surface area contributed by atoms with Crippen molar-refractivity contribution < 1.29 is 14.1 Å². The van der Waals surface area contributed by atoms with Gasteiger partial charge in [-0.2, -0.15) is 5.10 Å². The summed E-state index contributed by atoms with van der Waals surface area (Å²) in [4.78, 5) is 35.5. The van der Waals surface area contributed by atoms with Gasteiger partial charge in [0.2, 0.25) is 5.91 Å². The Morgan fingerprint density at radius 3 is 2.68 bits per heavy atom. The lowest BCUT2D eigenvalue weighted by Crippen LogP contribution is -2.24. The Labute approximate surface area is 158 Å². The van der Waals surface area contributed by atoms with Crippen molar-refractivity contribution >= 4 is 28.3 Å². The first kappa shape index (κ1) is 17.6. The number of para-hydroxylation sites is 2. The lowest BCUT2D eigenvalue weighted by molar-refractivity contribution is -0.385. The monoisotopic (exact) mass is 377 g/mol. The summed E-state index contributed by atoms with van der Waals surface area (Å²) < 4.78 is 5.36. The number of carbonyl (C=O) groups is 1. The van der Waals surface area contributed by atoms with Crippen LogP contribution >= 0.6 is 0 Å². The fraction of sp³-hybridized carbons (Fsp3) is 0.150. The highest BCUT2D eigenvalue weighted by atomic mass is 16.6. The molecular formula is C20H15N3O5. The molecule has 2 heterocycles. The largest absolute Gasteiger partial charge is 0.422 e. The van der Waals surface area contributed by atoms with E-state index >= 15 is 0 Å². The summed E-state index contributed by atoms with van der Waals surface area (Å²) in [5, 5.41) is 17.6. The van der Waals surface area contributed by atoms with Gasteiger partial charge < -0.3 is 4.42 Å². The Hall–Kier alpha value is -3.81. The number of hydrogen-bond donors (Lipinski definition) is 0. The quantitative estimate of drug-likeness (QED) is 0.395. The van der Waals surface area contributed by atoms with Crippen LogP contribution in [0.5, 0.6) is 0 Å². The smallest absolute Gasteiger partial charge is 0.345 e. The predicted octanol–water partition coefficient (Wildman–Crippen LogP) is 3.40. The van der Waals surface area contributed by atoms with Crippen molar-refractivity contribution in [2.24, 2.45) is 5.10 Å². The third-order valence-electron chi connectivity index (χ3n) is 4.68. The molecule has 28 heavy (non-hydrogen) atoms. The first-order valence-corrected chi connectivity index (χ1v) is 8.59. The Bertz CT molecular complexity index is 1200. The number of nitro groups is 1. The molecule has 1 unspecified atom stereocenters. The van der Waals surface area contributed by atoms with E-state index in [4.69, 9.17) is 4.42 Å². The first-order chi connectivity index (χ1) is 13.5. The van der Waals surface area contributed by atoms with E-state index in [0.717, 1.165) is 5.39 Å². The van der Waals surface area contributed by atoms with Crippen LogP contribution in [0.2, 0.25) is 0 Å². The molecule has 0 spiro atoms. The highest BCUT2D eigenvalue weighted by Crippen LogP contribution is 2.37.